The summed E-state index contributed by atoms with van der Waals surface area (Å²) < 4.78 is 34.0. The molecule has 2 amide bonds. The molecular formula is C21H34N2O6S. The fourth-order valence-electron chi connectivity index (χ4n) is 4.77. The van der Waals surface area contributed by atoms with E-state index in [2.05, 4.69) is 16.6 Å². The highest BCUT2D eigenvalue weighted by molar-refractivity contribution is 7.93. The Hall–Kier alpha value is -1.03. The molecule has 8 nitrogen and oxygen atoms in total. The minimum Gasteiger partial charge on any atom is -0.376 e. The first-order valence-corrected chi connectivity index (χ1v) is 13.1. The van der Waals surface area contributed by atoms with Gasteiger partial charge in [0.1, 0.15) is 6.61 Å². The van der Waals surface area contributed by atoms with Gasteiger partial charge < -0.3 is 19.5 Å². The van der Waals surface area contributed by atoms with E-state index >= 15 is 0 Å². The number of nitrogens with one attached hydrogen (secondary N) is 1. The predicted octanol–water partition coefficient (Wildman–Crippen LogP) is 1.66. The number of ether oxygens (including phenoxy) is 3. The van der Waals surface area contributed by atoms with Crippen molar-refractivity contribution in [3.8, 4) is 0 Å². The number of amides is 2. The van der Waals surface area contributed by atoms with Gasteiger partial charge in [0, 0.05) is 36.7 Å². The molecule has 0 radical (unpaired) electrons. The summed E-state index contributed by atoms with van der Waals surface area (Å²) in [5.41, 5.74) is -0.360. The molecule has 0 aromatic rings. The van der Waals surface area contributed by atoms with Gasteiger partial charge in [0.2, 0.25) is 5.91 Å². The molecule has 3 heterocycles. The second-order valence-corrected chi connectivity index (χ2v) is 11.9. The molecule has 1 spiro atoms. The Kier molecular flexibility index (Phi) is 6.82. The molecule has 0 aromatic heterocycles. The molecule has 0 aromatic carbocycles. The molecule has 3 aliphatic heterocycles. The molecule has 3 saturated heterocycles. The minimum absolute atomic E-state index is 0.0564. The summed E-state index contributed by atoms with van der Waals surface area (Å²) in [4.78, 5) is 24.4. The van der Waals surface area contributed by atoms with Crippen LogP contribution >= 0.6 is 0 Å². The van der Waals surface area contributed by atoms with Crippen molar-refractivity contribution in [2.24, 2.45) is 16.2 Å². The van der Waals surface area contributed by atoms with Crippen LogP contribution in [0.25, 0.3) is 0 Å². The standard InChI is InChI=1S/C21H34N2O6S/c1-15-11-18(15)20(25)22-16-4-8-29-21(12-16)5-9-30(26,10-6-21)23-19(24)14-27-13-17-3-2-7-28-17/h15-18H,2-14H2,1H3,(H,22,25)/t15-,16?,17?,18-,21?,30?/m0/s1. The smallest absolute Gasteiger partial charge is 0.279 e. The first-order valence-electron chi connectivity index (χ1n) is 11.3. The molecule has 2 unspecified atom stereocenters. The lowest BCUT2D eigenvalue weighted by Crippen LogP contribution is -2.52. The zero-order chi connectivity index (χ0) is 21.2. The van der Waals surface area contributed by atoms with Gasteiger partial charge in [-0.2, -0.15) is 4.36 Å². The van der Waals surface area contributed by atoms with Crippen LogP contribution in [0.15, 0.2) is 4.36 Å². The van der Waals surface area contributed by atoms with Crippen molar-refractivity contribution in [2.75, 3.05) is 37.9 Å². The second-order valence-electron chi connectivity index (χ2n) is 9.37. The Morgan fingerprint density at radius 3 is 2.67 bits per heavy atom. The summed E-state index contributed by atoms with van der Waals surface area (Å²) in [6.45, 7) is 3.68. The van der Waals surface area contributed by atoms with Gasteiger partial charge in [-0.1, -0.05) is 6.92 Å². The fourth-order valence-corrected chi connectivity index (χ4v) is 6.96. The molecule has 4 rings (SSSR count). The third kappa shape index (κ3) is 5.60. The molecule has 9 heteroatoms. The van der Waals surface area contributed by atoms with Crippen LogP contribution in [0.4, 0.5) is 0 Å². The molecule has 30 heavy (non-hydrogen) atoms. The minimum atomic E-state index is -2.57. The Morgan fingerprint density at radius 2 is 2.00 bits per heavy atom. The second kappa shape index (κ2) is 9.22. The van der Waals surface area contributed by atoms with Crippen molar-refractivity contribution in [1.82, 2.24) is 5.32 Å². The van der Waals surface area contributed by atoms with Gasteiger partial charge in [-0.15, -0.1) is 0 Å². The summed E-state index contributed by atoms with van der Waals surface area (Å²) >= 11 is 0. The highest BCUT2D eigenvalue weighted by Gasteiger charge is 2.44. The van der Waals surface area contributed by atoms with E-state index in [1.807, 2.05) is 0 Å². The topological polar surface area (TPSA) is 103 Å². The Balaban J connectivity index is 1.25. The summed E-state index contributed by atoms with van der Waals surface area (Å²) in [6.07, 6.45) is 5.77. The van der Waals surface area contributed by atoms with Crippen LogP contribution in [0.1, 0.15) is 51.9 Å². The Labute approximate surface area is 179 Å². The van der Waals surface area contributed by atoms with Crippen molar-refractivity contribution in [3.05, 3.63) is 0 Å². The van der Waals surface area contributed by atoms with Crippen molar-refractivity contribution in [1.29, 1.82) is 0 Å². The molecule has 170 valence electrons. The summed E-state index contributed by atoms with van der Waals surface area (Å²) in [5, 5.41) is 3.19. The highest BCUT2D eigenvalue weighted by atomic mass is 32.2. The van der Waals surface area contributed by atoms with E-state index in [0.717, 1.165) is 38.7 Å². The number of carbonyl (C=O) groups is 2. The van der Waals surface area contributed by atoms with Crippen LogP contribution in [0.3, 0.4) is 0 Å². The van der Waals surface area contributed by atoms with Gasteiger partial charge in [0.15, 0.2) is 0 Å². The maximum Gasteiger partial charge on any atom is 0.279 e. The summed E-state index contributed by atoms with van der Waals surface area (Å²) in [6, 6.07) is 0.109. The average Bonchev–Trinajstić information content (AvgIpc) is 3.21. The third-order valence-electron chi connectivity index (χ3n) is 6.86. The maximum atomic E-state index is 13.1. The van der Waals surface area contributed by atoms with Gasteiger partial charge >= 0.3 is 0 Å². The van der Waals surface area contributed by atoms with E-state index in [0.29, 0.717) is 43.5 Å². The lowest BCUT2D eigenvalue weighted by molar-refractivity contribution is -0.127. The van der Waals surface area contributed by atoms with Gasteiger partial charge in [-0.05, 0) is 50.9 Å². The van der Waals surface area contributed by atoms with Crippen molar-refractivity contribution >= 4 is 21.5 Å². The van der Waals surface area contributed by atoms with Crippen LogP contribution in [-0.2, 0) is 33.5 Å². The van der Waals surface area contributed by atoms with E-state index in [9.17, 15) is 13.8 Å². The van der Waals surface area contributed by atoms with Crippen molar-refractivity contribution in [2.45, 2.75) is 69.6 Å². The largest absolute Gasteiger partial charge is 0.376 e. The first kappa shape index (κ1) is 22.2. The van der Waals surface area contributed by atoms with Gasteiger partial charge in [-0.3, -0.25) is 9.59 Å². The zero-order valence-electron chi connectivity index (χ0n) is 17.8. The lowest BCUT2D eigenvalue weighted by atomic mass is 9.85. The lowest BCUT2D eigenvalue weighted by Gasteiger charge is -2.44. The quantitative estimate of drug-likeness (QED) is 0.671. The molecular weight excluding hydrogens is 408 g/mol. The maximum absolute atomic E-state index is 13.1. The molecule has 4 fully saturated rings. The third-order valence-corrected chi connectivity index (χ3v) is 9.08. The van der Waals surface area contributed by atoms with Gasteiger partial charge in [0.05, 0.1) is 28.0 Å². The van der Waals surface area contributed by atoms with Crippen LogP contribution in [0.2, 0.25) is 0 Å². The number of nitrogens with zero attached hydrogens (tertiary/aromatic N) is 1. The van der Waals surface area contributed by atoms with E-state index in [4.69, 9.17) is 14.2 Å². The van der Waals surface area contributed by atoms with E-state index in [1.54, 1.807) is 0 Å². The van der Waals surface area contributed by atoms with Crippen LogP contribution < -0.4 is 5.32 Å². The van der Waals surface area contributed by atoms with E-state index in [-0.39, 0.29) is 36.2 Å². The number of hydrogen-bond acceptors (Lipinski definition) is 6. The van der Waals surface area contributed by atoms with Crippen LogP contribution in [0, 0.1) is 11.8 Å². The Bertz CT molecular complexity index is 757. The average molecular weight is 443 g/mol. The van der Waals surface area contributed by atoms with Gasteiger partial charge in [-0.25, -0.2) is 4.21 Å². The molecule has 0 bridgehead atoms. The number of carbonyl (C=O) groups excluding carboxylic acids is 2. The zero-order valence-corrected chi connectivity index (χ0v) is 18.6. The normalized spacial score (nSPS) is 40.8. The van der Waals surface area contributed by atoms with Crippen molar-refractivity contribution < 1.29 is 28.0 Å². The number of rotatable bonds is 6. The number of hydrogen-bond donors (Lipinski definition) is 1. The summed E-state index contributed by atoms with van der Waals surface area (Å²) in [7, 11) is -2.57. The molecule has 1 N–H and O–H groups in total. The van der Waals surface area contributed by atoms with E-state index < -0.39 is 15.6 Å². The van der Waals surface area contributed by atoms with Crippen LogP contribution in [-0.4, -0.2) is 71.7 Å². The fraction of sp³-hybridized carbons (Fsp3) is 0.905. The molecule has 1 aliphatic carbocycles. The first-order chi connectivity index (χ1) is 14.4. The SMILES string of the molecule is C[C@H]1C[C@@H]1C(=O)NC1CCOC2(CCS(=O)(=NC(=O)COCC3CCCO3)CC2)C1. The predicted molar refractivity (Wildman–Crippen MR) is 111 cm³/mol. The van der Waals surface area contributed by atoms with Crippen molar-refractivity contribution in [3.63, 3.8) is 0 Å². The monoisotopic (exact) mass is 442 g/mol. The molecule has 1 saturated carbocycles. The highest BCUT2D eigenvalue weighted by Crippen LogP contribution is 2.39. The molecule has 4 aliphatic rings. The summed E-state index contributed by atoms with van der Waals surface area (Å²) in [5.74, 6) is 1.07. The van der Waals surface area contributed by atoms with Gasteiger partial charge in [0.25, 0.3) is 5.91 Å². The molecule has 4 atom stereocenters. The van der Waals surface area contributed by atoms with Crippen LogP contribution in [0.5, 0.6) is 0 Å². The Morgan fingerprint density at radius 1 is 1.23 bits per heavy atom. The van der Waals surface area contributed by atoms with E-state index in [1.165, 1.54) is 0 Å².